The number of hydrogen-bond acceptors (Lipinski definition) is 2. The van der Waals surface area contributed by atoms with Crippen LogP contribution in [0, 0.1) is 5.41 Å². The first-order chi connectivity index (χ1) is 10.1. The maximum atomic E-state index is 6.62. The fourth-order valence-corrected chi connectivity index (χ4v) is 5.08. The van der Waals surface area contributed by atoms with E-state index in [1.807, 2.05) is 0 Å². The second kappa shape index (κ2) is 6.58. The highest BCUT2D eigenvalue weighted by molar-refractivity contribution is 4.96. The smallest absolute Gasteiger partial charge is 0.0687 e. The normalized spacial score (nSPS) is 31.3. The van der Waals surface area contributed by atoms with Crippen molar-refractivity contribution in [3.8, 4) is 0 Å². The quantitative estimate of drug-likeness (QED) is 0.785. The molecule has 2 aliphatic carbocycles. The summed E-state index contributed by atoms with van der Waals surface area (Å²) in [5.41, 5.74) is 0.837. The molecule has 1 spiro atoms. The number of rotatable bonds is 5. The fourth-order valence-electron chi connectivity index (χ4n) is 5.08. The van der Waals surface area contributed by atoms with Gasteiger partial charge in [0.15, 0.2) is 0 Å². The summed E-state index contributed by atoms with van der Waals surface area (Å²) in [4.78, 5) is 0. The molecule has 3 aliphatic rings. The molecule has 0 radical (unpaired) electrons. The van der Waals surface area contributed by atoms with E-state index in [9.17, 15) is 0 Å². The van der Waals surface area contributed by atoms with Crippen molar-refractivity contribution in [1.29, 1.82) is 0 Å². The highest BCUT2D eigenvalue weighted by atomic mass is 16.5. The van der Waals surface area contributed by atoms with Crippen LogP contribution in [-0.4, -0.2) is 24.3 Å². The largest absolute Gasteiger partial charge is 0.372 e. The van der Waals surface area contributed by atoms with Gasteiger partial charge in [-0.1, -0.05) is 46.0 Å². The predicted octanol–water partition coefficient (Wildman–Crippen LogP) is 4.82. The molecule has 2 saturated carbocycles. The Morgan fingerprint density at radius 2 is 1.62 bits per heavy atom. The van der Waals surface area contributed by atoms with Gasteiger partial charge in [0.2, 0.25) is 0 Å². The summed E-state index contributed by atoms with van der Waals surface area (Å²) in [6.45, 7) is 5.75. The van der Waals surface area contributed by atoms with Crippen molar-refractivity contribution in [2.75, 3.05) is 6.54 Å². The monoisotopic (exact) mass is 293 g/mol. The molecule has 0 bridgehead atoms. The third kappa shape index (κ3) is 3.82. The second-order valence-electron chi connectivity index (χ2n) is 8.47. The Labute approximate surface area is 131 Å². The first-order valence-electron chi connectivity index (χ1n) is 9.53. The summed E-state index contributed by atoms with van der Waals surface area (Å²) in [5, 5.41) is 3.74. The molecular weight excluding hydrogens is 258 g/mol. The number of nitrogens with one attached hydrogen (secondary N) is 1. The van der Waals surface area contributed by atoms with Gasteiger partial charge in [0.25, 0.3) is 0 Å². The molecule has 1 heterocycles. The topological polar surface area (TPSA) is 21.3 Å². The van der Waals surface area contributed by atoms with Crippen molar-refractivity contribution < 1.29 is 4.74 Å². The SMILES string of the molecule is CC(C)NCC1(CC2CCC3(CCCC3)O2)CCCCC1. The standard InChI is InChI=1S/C19H35NO/c1-16(2)20-15-18(9-4-3-5-10-18)14-17-8-13-19(21-17)11-6-7-12-19/h16-17,20H,3-15H2,1-2H3. The average molecular weight is 293 g/mol. The van der Waals surface area contributed by atoms with Gasteiger partial charge in [-0.2, -0.15) is 0 Å². The van der Waals surface area contributed by atoms with Gasteiger partial charge in [0.1, 0.15) is 0 Å². The van der Waals surface area contributed by atoms with Crippen LogP contribution in [0.15, 0.2) is 0 Å². The van der Waals surface area contributed by atoms with E-state index in [1.54, 1.807) is 0 Å². The van der Waals surface area contributed by atoms with Crippen molar-refractivity contribution in [2.45, 2.75) is 109 Å². The van der Waals surface area contributed by atoms with Crippen LogP contribution >= 0.6 is 0 Å². The Morgan fingerprint density at radius 3 is 2.29 bits per heavy atom. The van der Waals surface area contributed by atoms with Crippen molar-refractivity contribution >= 4 is 0 Å². The molecule has 0 aromatic rings. The van der Waals surface area contributed by atoms with Gasteiger partial charge in [0.05, 0.1) is 11.7 Å². The lowest BCUT2D eigenvalue weighted by Crippen LogP contribution is -2.41. The zero-order valence-corrected chi connectivity index (χ0v) is 14.3. The molecule has 1 saturated heterocycles. The Morgan fingerprint density at radius 1 is 0.952 bits per heavy atom. The first kappa shape index (κ1) is 15.8. The molecule has 21 heavy (non-hydrogen) atoms. The maximum Gasteiger partial charge on any atom is 0.0687 e. The van der Waals surface area contributed by atoms with Crippen LogP contribution in [0.3, 0.4) is 0 Å². The van der Waals surface area contributed by atoms with Crippen molar-refractivity contribution in [2.24, 2.45) is 5.41 Å². The highest BCUT2D eigenvalue weighted by Gasteiger charge is 2.45. The van der Waals surface area contributed by atoms with Gasteiger partial charge in [0, 0.05) is 12.6 Å². The van der Waals surface area contributed by atoms with Crippen molar-refractivity contribution in [3.05, 3.63) is 0 Å². The van der Waals surface area contributed by atoms with Gasteiger partial charge >= 0.3 is 0 Å². The summed E-state index contributed by atoms with van der Waals surface area (Å²) >= 11 is 0. The van der Waals surface area contributed by atoms with Crippen LogP contribution < -0.4 is 5.32 Å². The molecule has 1 unspecified atom stereocenters. The van der Waals surface area contributed by atoms with Crippen LogP contribution in [0.1, 0.15) is 90.9 Å². The molecule has 1 N–H and O–H groups in total. The molecule has 0 amide bonds. The predicted molar refractivity (Wildman–Crippen MR) is 88.6 cm³/mol. The summed E-state index contributed by atoms with van der Waals surface area (Å²) in [6, 6.07) is 0.606. The van der Waals surface area contributed by atoms with Gasteiger partial charge in [-0.05, 0) is 50.4 Å². The summed E-state index contributed by atoms with van der Waals surface area (Å²) < 4.78 is 6.62. The Kier molecular flexibility index (Phi) is 4.95. The highest BCUT2D eigenvalue weighted by Crippen LogP contribution is 2.48. The molecule has 2 heteroatoms. The van der Waals surface area contributed by atoms with Gasteiger partial charge in [-0.25, -0.2) is 0 Å². The first-order valence-corrected chi connectivity index (χ1v) is 9.53. The molecular formula is C19H35NO. The molecule has 2 nitrogen and oxygen atoms in total. The second-order valence-corrected chi connectivity index (χ2v) is 8.47. The van der Waals surface area contributed by atoms with Gasteiger partial charge in [-0.15, -0.1) is 0 Å². The van der Waals surface area contributed by atoms with E-state index in [0.29, 0.717) is 23.2 Å². The lowest BCUT2D eigenvalue weighted by atomic mass is 9.70. The van der Waals surface area contributed by atoms with E-state index in [2.05, 4.69) is 19.2 Å². The lowest BCUT2D eigenvalue weighted by molar-refractivity contribution is -0.0578. The Balaban J connectivity index is 1.59. The minimum atomic E-state index is 0.312. The molecule has 3 rings (SSSR count). The van der Waals surface area contributed by atoms with E-state index in [4.69, 9.17) is 4.74 Å². The summed E-state index contributed by atoms with van der Waals surface area (Å²) in [7, 11) is 0. The minimum Gasteiger partial charge on any atom is -0.372 e. The maximum absolute atomic E-state index is 6.62. The summed E-state index contributed by atoms with van der Waals surface area (Å²) in [5.74, 6) is 0. The lowest BCUT2D eigenvalue weighted by Gasteiger charge is -2.40. The molecule has 1 aliphatic heterocycles. The molecule has 0 aromatic carbocycles. The van der Waals surface area contributed by atoms with Crippen molar-refractivity contribution in [3.63, 3.8) is 0 Å². The van der Waals surface area contributed by atoms with E-state index < -0.39 is 0 Å². The van der Waals surface area contributed by atoms with Gasteiger partial charge < -0.3 is 10.1 Å². The van der Waals surface area contributed by atoms with Crippen LogP contribution in [0.4, 0.5) is 0 Å². The van der Waals surface area contributed by atoms with Crippen LogP contribution in [0.5, 0.6) is 0 Å². The minimum absolute atomic E-state index is 0.312. The Hall–Kier alpha value is -0.0800. The number of ether oxygens (including phenoxy) is 1. The van der Waals surface area contributed by atoms with E-state index in [1.165, 1.54) is 83.6 Å². The summed E-state index contributed by atoms with van der Waals surface area (Å²) in [6.07, 6.45) is 17.1. The zero-order valence-electron chi connectivity index (χ0n) is 14.3. The van der Waals surface area contributed by atoms with Crippen LogP contribution in [0.25, 0.3) is 0 Å². The fraction of sp³-hybridized carbons (Fsp3) is 1.00. The van der Waals surface area contributed by atoms with E-state index in [-0.39, 0.29) is 0 Å². The van der Waals surface area contributed by atoms with E-state index in [0.717, 1.165) is 0 Å². The molecule has 1 atom stereocenters. The Bertz CT molecular complexity index is 326. The van der Waals surface area contributed by atoms with E-state index >= 15 is 0 Å². The molecule has 122 valence electrons. The van der Waals surface area contributed by atoms with Crippen LogP contribution in [0.2, 0.25) is 0 Å². The average Bonchev–Trinajstić information content (AvgIpc) is 3.09. The number of hydrogen-bond donors (Lipinski definition) is 1. The van der Waals surface area contributed by atoms with Crippen LogP contribution in [-0.2, 0) is 4.74 Å². The van der Waals surface area contributed by atoms with Crippen molar-refractivity contribution in [1.82, 2.24) is 5.32 Å². The third-order valence-electron chi connectivity index (χ3n) is 6.31. The third-order valence-corrected chi connectivity index (χ3v) is 6.31. The molecule has 0 aromatic heterocycles. The van der Waals surface area contributed by atoms with Gasteiger partial charge in [-0.3, -0.25) is 0 Å². The zero-order chi connectivity index (χ0) is 14.8. The molecule has 3 fully saturated rings.